The largest absolute Gasteiger partial charge is 0.369 e. The molecule has 0 saturated heterocycles. The van der Waals surface area contributed by atoms with Gasteiger partial charge < -0.3 is 14.5 Å². The van der Waals surface area contributed by atoms with Crippen molar-refractivity contribution in [1.82, 2.24) is 19.5 Å². The van der Waals surface area contributed by atoms with E-state index in [0.717, 1.165) is 48.8 Å². The fourth-order valence-electron chi connectivity index (χ4n) is 3.87. The minimum absolute atomic E-state index is 0.855. The molecule has 1 aliphatic heterocycles. The number of aromatic nitrogens is 4. The van der Waals surface area contributed by atoms with Gasteiger partial charge >= 0.3 is 0 Å². The minimum Gasteiger partial charge on any atom is -0.369 e. The number of para-hydroxylation sites is 1. The maximum absolute atomic E-state index is 4.72. The summed E-state index contributed by atoms with van der Waals surface area (Å²) in [4.78, 5) is 14.9. The van der Waals surface area contributed by atoms with E-state index in [4.69, 9.17) is 4.98 Å². The Kier molecular flexibility index (Phi) is 3.98. The number of hydrogen-bond donors (Lipinski definition) is 1. The van der Waals surface area contributed by atoms with Gasteiger partial charge in [-0.2, -0.15) is 0 Å². The van der Waals surface area contributed by atoms with Crippen LogP contribution in [0.15, 0.2) is 73.3 Å². The summed E-state index contributed by atoms with van der Waals surface area (Å²) in [6.45, 7) is 2.90. The van der Waals surface area contributed by atoms with Crippen LogP contribution in [0.25, 0.3) is 22.8 Å². The molecule has 0 amide bonds. The molecule has 0 saturated carbocycles. The van der Waals surface area contributed by atoms with Crippen molar-refractivity contribution in [2.45, 2.75) is 13.0 Å². The van der Waals surface area contributed by atoms with Gasteiger partial charge in [0.25, 0.3) is 0 Å². The van der Waals surface area contributed by atoms with E-state index in [0.29, 0.717) is 0 Å². The second-order valence-corrected chi connectivity index (χ2v) is 6.80. The van der Waals surface area contributed by atoms with Gasteiger partial charge in [-0.1, -0.05) is 48.5 Å². The summed E-state index contributed by atoms with van der Waals surface area (Å²) in [7, 11) is 0. The number of rotatable bonds is 5. The Morgan fingerprint density at radius 1 is 0.926 bits per heavy atom. The zero-order valence-corrected chi connectivity index (χ0v) is 15.0. The lowest BCUT2D eigenvalue weighted by molar-refractivity contribution is 0.670. The predicted octanol–water partition coefficient (Wildman–Crippen LogP) is 4.00. The lowest BCUT2D eigenvalue weighted by Gasteiger charge is -2.20. The summed E-state index contributed by atoms with van der Waals surface area (Å²) < 4.78 is 2.21. The molecule has 0 fully saturated rings. The Morgan fingerprint density at radius 3 is 2.63 bits per heavy atom. The van der Waals surface area contributed by atoms with Gasteiger partial charge in [0.2, 0.25) is 0 Å². The Hall–Kier alpha value is -3.34. The zero-order chi connectivity index (χ0) is 18.1. The highest BCUT2D eigenvalue weighted by Gasteiger charge is 2.20. The molecule has 5 rings (SSSR count). The van der Waals surface area contributed by atoms with Crippen molar-refractivity contribution in [1.29, 1.82) is 0 Å². The fraction of sp³-hybridized carbons (Fsp3) is 0.182. The highest BCUT2D eigenvalue weighted by Crippen LogP contribution is 2.30. The van der Waals surface area contributed by atoms with E-state index in [1.165, 1.54) is 11.3 Å². The van der Waals surface area contributed by atoms with Crippen molar-refractivity contribution in [3.63, 3.8) is 0 Å². The average Bonchev–Trinajstić information content (AvgIpc) is 3.46. The Bertz CT molecular complexity index is 1030. The molecule has 27 heavy (non-hydrogen) atoms. The number of benzene rings is 2. The predicted molar refractivity (Wildman–Crippen MR) is 108 cm³/mol. The topological polar surface area (TPSA) is 49.7 Å². The number of H-pyrrole nitrogens is 1. The first-order valence-electron chi connectivity index (χ1n) is 9.33. The van der Waals surface area contributed by atoms with Crippen LogP contribution in [-0.2, 0) is 13.0 Å². The van der Waals surface area contributed by atoms with E-state index >= 15 is 0 Å². The number of fused-ring (bicyclic) bond motifs is 1. The third-order valence-electron chi connectivity index (χ3n) is 5.20. The van der Waals surface area contributed by atoms with Crippen LogP contribution < -0.4 is 4.90 Å². The van der Waals surface area contributed by atoms with Crippen LogP contribution >= 0.6 is 0 Å². The average molecular weight is 355 g/mol. The molecule has 0 bridgehead atoms. The molecule has 2 aromatic heterocycles. The first-order valence-corrected chi connectivity index (χ1v) is 9.33. The quantitative estimate of drug-likeness (QED) is 0.589. The molecule has 2 aromatic carbocycles. The van der Waals surface area contributed by atoms with Crippen molar-refractivity contribution in [2.75, 3.05) is 18.0 Å². The molecular weight excluding hydrogens is 334 g/mol. The van der Waals surface area contributed by atoms with Crippen molar-refractivity contribution in [3.8, 4) is 22.8 Å². The van der Waals surface area contributed by atoms with Gasteiger partial charge in [0.05, 0.1) is 12.0 Å². The normalized spacial score (nSPS) is 13.1. The van der Waals surface area contributed by atoms with Crippen LogP contribution in [-0.4, -0.2) is 32.6 Å². The smallest absolute Gasteiger partial charge is 0.156 e. The highest BCUT2D eigenvalue weighted by molar-refractivity contribution is 5.75. The number of anilines is 1. The zero-order valence-electron chi connectivity index (χ0n) is 15.0. The van der Waals surface area contributed by atoms with Crippen LogP contribution in [0.3, 0.4) is 0 Å². The van der Waals surface area contributed by atoms with Gasteiger partial charge in [-0.3, -0.25) is 0 Å². The maximum Gasteiger partial charge on any atom is 0.156 e. The summed E-state index contributed by atoms with van der Waals surface area (Å²) in [5.41, 5.74) is 5.92. The monoisotopic (exact) mass is 355 g/mol. The molecule has 0 aliphatic carbocycles. The van der Waals surface area contributed by atoms with E-state index in [1.807, 2.05) is 30.7 Å². The lowest BCUT2D eigenvalue weighted by Crippen LogP contribution is -2.25. The van der Waals surface area contributed by atoms with E-state index in [9.17, 15) is 0 Å². The summed E-state index contributed by atoms with van der Waals surface area (Å²) >= 11 is 0. The maximum atomic E-state index is 4.72. The van der Waals surface area contributed by atoms with Crippen molar-refractivity contribution >= 4 is 5.69 Å². The summed E-state index contributed by atoms with van der Waals surface area (Å²) in [6.07, 6.45) is 6.71. The summed E-state index contributed by atoms with van der Waals surface area (Å²) in [5, 5.41) is 0. The first-order chi connectivity index (χ1) is 13.4. The van der Waals surface area contributed by atoms with Crippen molar-refractivity contribution < 1.29 is 0 Å². The molecule has 5 heteroatoms. The molecular formula is C22H21N5. The van der Waals surface area contributed by atoms with Gasteiger partial charge in [0.15, 0.2) is 5.82 Å². The highest BCUT2D eigenvalue weighted by atomic mass is 15.2. The van der Waals surface area contributed by atoms with Crippen molar-refractivity contribution in [2.24, 2.45) is 0 Å². The Balaban J connectivity index is 1.46. The molecule has 4 aromatic rings. The van der Waals surface area contributed by atoms with Gasteiger partial charge in [-0.25, -0.2) is 9.97 Å². The number of nitrogens with zero attached hydrogens (tertiary/aromatic N) is 4. The molecule has 5 nitrogen and oxygen atoms in total. The minimum atomic E-state index is 0.855. The van der Waals surface area contributed by atoms with Crippen LogP contribution in [0.2, 0.25) is 0 Å². The summed E-state index contributed by atoms with van der Waals surface area (Å²) in [5.74, 6) is 0.855. The standard InChI is InChI=1S/C22H21N5/c1-2-7-18(8-3-1)20-21(22-23-11-12-24-22)27(16-25-20)15-14-26-13-10-17-6-4-5-9-19(17)26/h1-9,11-12,16H,10,13-15H2,(H,23,24). The third-order valence-corrected chi connectivity index (χ3v) is 5.20. The number of aromatic amines is 1. The van der Waals surface area contributed by atoms with Crippen LogP contribution in [0.5, 0.6) is 0 Å². The van der Waals surface area contributed by atoms with E-state index in [1.54, 1.807) is 6.20 Å². The molecule has 0 unspecified atom stereocenters. The molecule has 3 heterocycles. The van der Waals surface area contributed by atoms with Gasteiger partial charge in [0.1, 0.15) is 5.69 Å². The van der Waals surface area contributed by atoms with Gasteiger partial charge in [-0.05, 0) is 18.1 Å². The number of imidazole rings is 2. The Morgan fingerprint density at radius 2 is 1.78 bits per heavy atom. The first kappa shape index (κ1) is 15.9. The van der Waals surface area contributed by atoms with E-state index in [2.05, 4.69) is 55.8 Å². The van der Waals surface area contributed by atoms with E-state index < -0.39 is 0 Å². The van der Waals surface area contributed by atoms with Gasteiger partial charge in [-0.15, -0.1) is 0 Å². The molecule has 0 spiro atoms. The number of nitrogens with one attached hydrogen (secondary N) is 1. The Labute approximate surface area is 158 Å². The second kappa shape index (κ2) is 6.76. The van der Waals surface area contributed by atoms with Crippen LogP contribution in [0.4, 0.5) is 5.69 Å². The van der Waals surface area contributed by atoms with E-state index in [-0.39, 0.29) is 0 Å². The third kappa shape index (κ3) is 2.91. The summed E-state index contributed by atoms with van der Waals surface area (Å²) in [6, 6.07) is 19.0. The second-order valence-electron chi connectivity index (χ2n) is 6.80. The molecule has 1 N–H and O–H groups in total. The van der Waals surface area contributed by atoms with Gasteiger partial charge in [0, 0.05) is 43.3 Å². The fourth-order valence-corrected chi connectivity index (χ4v) is 3.87. The SMILES string of the molecule is c1ccc(-c2ncn(CCN3CCc4ccccc43)c2-c2ncc[nH]2)cc1. The van der Waals surface area contributed by atoms with Crippen molar-refractivity contribution in [3.05, 3.63) is 78.9 Å². The lowest BCUT2D eigenvalue weighted by atomic mass is 10.1. The molecule has 134 valence electrons. The number of hydrogen-bond acceptors (Lipinski definition) is 3. The van der Waals surface area contributed by atoms with Crippen LogP contribution in [0.1, 0.15) is 5.56 Å². The van der Waals surface area contributed by atoms with Crippen LogP contribution in [0, 0.1) is 0 Å². The molecule has 1 aliphatic rings. The molecule has 0 radical (unpaired) electrons. The molecule has 0 atom stereocenters.